The van der Waals surface area contributed by atoms with Crippen molar-refractivity contribution >= 4 is 33.4 Å². The second-order valence-electron chi connectivity index (χ2n) is 3.64. The number of hydrogen-bond donors (Lipinski definition) is 2. The van der Waals surface area contributed by atoms with Crippen LogP contribution >= 0.6 is 15.9 Å². The SMILES string of the molecule is CCOC(=O)c1cn2cc(Br)nc(NCCO)c2n1. The van der Waals surface area contributed by atoms with Crippen LogP contribution in [-0.4, -0.2) is 45.2 Å². The molecule has 2 aromatic heterocycles. The second kappa shape index (κ2) is 5.98. The Bertz CT molecular complexity index is 599. The quantitative estimate of drug-likeness (QED) is 0.798. The first kappa shape index (κ1) is 13.8. The van der Waals surface area contributed by atoms with Gasteiger partial charge in [-0.1, -0.05) is 0 Å². The van der Waals surface area contributed by atoms with Crippen LogP contribution in [0.1, 0.15) is 17.4 Å². The fourth-order valence-corrected chi connectivity index (χ4v) is 1.96. The lowest BCUT2D eigenvalue weighted by atomic mass is 10.5. The van der Waals surface area contributed by atoms with Crippen LogP contribution in [0.25, 0.3) is 5.65 Å². The highest BCUT2D eigenvalue weighted by Crippen LogP contribution is 2.18. The summed E-state index contributed by atoms with van der Waals surface area (Å²) >= 11 is 3.27. The van der Waals surface area contributed by atoms with Gasteiger partial charge in [-0.05, 0) is 22.9 Å². The van der Waals surface area contributed by atoms with Crippen molar-refractivity contribution in [1.29, 1.82) is 0 Å². The third-order valence-corrected chi connectivity index (χ3v) is 2.68. The predicted molar refractivity (Wildman–Crippen MR) is 72.2 cm³/mol. The Morgan fingerprint density at radius 2 is 2.32 bits per heavy atom. The van der Waals surface area contributed by atoms with E-state index < -0.39 is 5.97 Å². The number of imidazole rings is 1. The van der Waals surface area contributed by atoms with Gasteiger partial charge in [-0.15, -0.1) is 0 Å². The zero-order valence-corrected chi connectivity index (χ0v) is 11.8. The number of nitrogens with one attached hydrogen (secondary N) is 1. The smallest absolute Gasteiger partial charge is 0.358 e. The molecular weight excluding hydrogens is 316 g/mol. The average Bonchev–Trinajstić information content (AvgIpc) is 2.80. The number of anilines is 1. The van der Waals surface area contributed by atoms with E-state index in [1.807, 2.05) is 0 Å². The van der Waals surface area contributed by atoms with E-state index in [0.29, 0.717) is 29.2 Å². The Balaban J connectivity index is 2.42. The summed E-state index contributed by atoms with van der Waals surface area (Å²) in [6, 6.07) is 0. The van der Waals surface area contributed by atoms with Crippen molar-refractivity contribution in [2.45, 2.75) is 6.92 Å². The number of aromatic nitrogens is 3. The molecular formula is C11H13BrN4O3. The highest BCUT2D eigenvalue weighted by molar-refractivity contribution is 9.10. The molecule has 0 bridgehead atoms. The van der Waals surface area contributed by atoms with Crippen molar-refractivity contribution in [3.8, 4) is 0 Å². The van der Waals surface area contributed by atoms with Crippen LogP contribution in [0.4, 0.5) is 5.82 Å². The zero-order chi connectivity index (χ0) is 13.8. The average molecular weight is 329 g/mol. The fraction of sp³-hybridized carbons (Fsp3) is 0.364. The molecule has 2 heterocycles. The molecule has 8 heteroatoms. The molecule has 0 aliphatic carbocycles. The number of halogens is 1. The molecule has 0 aliphatic heterocycles. The predicted octanol–water partition coefficient (Wildman–Crippen LogP) is 1.07. The van der Waals surface area contributed by atoms with Crippen molar-refractivity contribution in [3.63, 3.8) is 0 Å². The Morgan fingerprint density at radius 1 is 1.53 bits per heavy atom. The number of esters is 1. The van der Waals surface area contributed by atoms with Gasteiger partial charge in [0.2, 0.25) is 0 Å². The van der Waals surface area contributed by atoms with E-state index in [4.69, 9.17) is 9.84 Å². The Labute approximate surface area is 117 Å². The van der Waals surface area contributed by atoms with Gasteiger partial charge < -0.3 is 19.6 Å². The van der Waals surface area contributed by atoms with E-state index in [0.717, 1.165) is 0 Å². The third kappa shape index (κ3) is 3.02. The summed E-state index contributed by atoms with van der Waals surface area (Å²) in [5, 5.41) is 11.8. The number of fused-ring (bicyclic) bond motifs is 1. The lowest BCUT2D eigenvalue weighted by molar-refractivity contribution is 0.0520. The van der Waals surface area contributed by atoms with Crippen molar-refractivity contribution in [3.05, 3.63) is 22.7 Å². The first-order valence-electron chi connectivity index (χ1n) is 5.72. The maximum absolute atomic E-state index is 11.6. The highest BCUT2D eigenvalue weighted by atomic mass is 79.9. The van der Waals surface area contributed by atoms with E-state index in [-0.39, 0.29) is 12.3 Å². The van der Waals surface area contributed by atoms with Gasteiger partial charge >= 0.3 is 5.97 Å². The lowest BCUT2D eigenvalue weighted by Crippen LogP contribution is -2.09. The van der Waals surface area contributed by atoms with Crippen LogP contribution in [0.15, 0.2) is 17.0 Å². The molecule has 102 valence electrons. The molecule has 2 N–H and O–H groups in total. The van der Waals surface area contributed by atoms with Crippen LogP contribution in [0.3, 0.4) is 0 Å². The zero-order valence-electron chi connectivity index (χ0n) is 10.3. The minimum Gasteiger partial charge on any atom is -0.461 e. The number of aliphatic hydroxyl groups is 1. The van der Waals surface area contributed by atoms with E-state index in [2.05, 4.69) is 31.2 Å². The molecule has 0 saturated carbocycles. The van der Waals surface area contributed by atoms with E-state index in [1.54, 1.807) is 23.7 Å². The molecule has 0 fully saturated rings. The van der Waals surface area contributed by atoms with E-state index >= 15 is 0 Å². The Hall–Kier alpha value is -1.67. The number of carbonyl (C=O) groups is 1. The molecule has 0 amide bonds. The molecule has 0 spiro atoms. The summed E-state index contributed by atoms with van der Waals surface area (Å²) in [6.45, 7) is 2.36. The van der Waals surface area contributed by atoms with Crippen LogP contribution < -0.4 is 5.32 Å². The van der Waals surface area contributed by atoms with E-state index in [1.165, 1.54) is 0 Å². The van der Waals surface area contributed by atoms with Gasteiger partial charge in [-0.25, -0.2) is 14.8 Å². The molecule has 0 unspecified atom stereocenters. The van der Waals surface area contributed by atoms with Crippen LogP contribution in [0.2, 0.25) is 0 Å². The molecule has 0 aromatic carbocycles. The largest absolute Gasteiger partial charge is 0.461 e. The molecule has 2 rings (SSSR count). The van der Waals surface area contributed by atoms with Gasteiger partial charge in [-0.2, -0.15) is 0 Å². The first-order chi connectivity index (χ1) is 9.15. The standard InChI is InChI=1S/C11H13BrN4O3/c1-2-19-11(18)7-5-16-6-8(12)15-9(10(16)14-7)13-3-4-17/h5-6,17H,2-4H2,1H3,(H,13,15). The van der Waals surface area contributed by atoms with Gasteiger partial charge in [0.1, 0.15) is 4.60 Å². The van der Waals surface area contributed by atoms with Gasteiger partial charge in [0.05, 0.1) is 13.2 Å². The topological polar surface area (TPSA) is 88.8 Å². The minimum absolute atomic E-state index is 0.0220. The van der Waals surface area contributed by atoms with Gasteiger partial charge in [0, 0.05) is 18.9 Å². The summed E-state index contributed by atoms with van der Waals surface area (Å²) in [6.07, 6.45) is 3.26. The van der Waals surface area contributed by atoms with E-state index in [9.17, 15) is 4.79 Å². The fourth-order valence-electron chi connectivity index (χ4n) is 1.56. The number of aliphatic hydroxyl groups excluding tert-OH is 1. The molecule has 7 nitrogen and oxygen atoms in total. The maximum atomic E-state index is 11.6. The summed E-state index contributed by atoms with van der Waals surface area (Å²) in [4.78, 5) is 20.0. The van der Waals surface area contributed by atoms with Gasteiger partial charge in [0.15, 0.2) is 17.2 Å². The Kier molecular flexibility index (Phi) is 4.33. The Morgan fingerprint density at radius 3 is 3.00 bits per heavy atom. The summed E-state index contributed by atoms with van der Waals surface area (Å²) < 4.78 is 7.16. The number of ether oxygens (including phenoxy) is 1. The minimum atomic E-state index is -0.476. The monoisotopic (exact) mass is 328 g/mol. The lowest BCUT2D eigenvalue weighted by Gasteiger charge is -2.05. The second-order valence-corrected chi connectivity index (χ2v) is 4.45. The molecule has 0 aliphatic rings. The van der Waals surface area contributed by atoms with Crippen molar-refractivity contribution in [2.24, 2.45) is 0 Å². The van der Waals surface area contributed by atoms with Crippen molar-refractivity contribution in [1.82, 2.24) is 14.4 Å². The van der Waals surface area contributed by atoms with Crippen molar-refractivity contribution < 1.29 is 14.6 Å². The molecule has 19 heavy (non-hydrogen) atoms. The van der Waals surface area contributed by atoms with Crippen LogP contribution in [0.5, 0.6) is 0 Å². The highest BCUT2D eigenvalue weighted by Gasteiger charge is 2.15. The van der Waals surface area contributed by atoms with Gasteiger partial charge in [0.25, 0.3) is 0 Å². The number of carbonyl (C=O) groups excluding carboxylic acids is 1. The van der Waals surface area contributed by atoms with Crippen LogP contribution in [0, 0.1) is 0 Å². The van der Waals surface area contributed by atoms with Crippen LogP contribution in [-0.2, 0) is 4.74 Å². The third-order valence-electron chi connectivity index (χ3n) is 2.30. The molecule has 2 aromatic rings. The maximum Gasteiger partial charge on any atom is 0.358 e. The molecule has 0 atom stereocenters. The van der Waals surface area contributed by atoms with Gasteiger partial charge in [-0.3, -0.25) is 0 Å². The summed E-state index contributed by atoms with van der Waals surface area (Å²) in [5.41, 5.74) is 0.716. The number of rotatable bonds is 5. The first-order valence-corrected chi connectivity index (χ1v) is 6.52. The number of hydrogen-bond acceptors (Lipinski definition) is 6. The number of nitrogens with zero attached hydrogens (tertiary/aromatic N) is 3. The summed E-state index contributed by atoms with van der Waals surface area (Å²) in [7, 11) is 0. The molecule has 0 radical (unpaired) electrons. The summed E-state index contributed by atoms with van der Waals surface area (Å²) in [5.74, 6) is 0.00871. The normalized spacial score (nSPS) is 10.7. The molecule has 0 saturated heterocycles. The van der Waals surface area contributed by atoms with Crippen molar-refractivity contribution in [2.75, 3.05) is 25.1 Å².